The highest BCUT2D eigenvalue weighted by atomic mass is 16.2. The van der Waals surface area contributed by atoms with Crippen LogP contribution in [0.15, 0.2) is 18.3 Å². The average Bonchev–Trinajstić information content (AvgIpc) is 2.52. The monoisotopic (exact) mass is 303 g/mol. The molecule has 2 rings (SSSR count). The number of rotatable bonds is 7. The van der Waals surface area contributed by atoms with Crippen molar-refractivity contribution in [3.63, 3.8) is 0 Å². The Morgan fingerprint density at radius 3 is 2.95 bits per heavy atom. The van der Waals surface area contributed by atoms with Gasteiger partial charge in [-0.05, 0) is 18.6 Å². The number of aromatic nitrogens is 3. The number of pyridine rings is 1. The van der Waals surface area contributed by atoms with Crippen molar-refractivity contribution >= 4 is 28.7 Å². The third-order valence-corrected chi connectivity index (χ3v) is 3.12. The van der Waals surface area contributed by atoms with Crippen molar-refractivity contribution in [3.05, 3.63) is 18.3 Å². The van der Waals surface area contributed by atoms with Crippen LogP contribution in [0.5, 0.6) is 0 Å². The quantitative estimate of drug-likeness (QED) is 0.577. The molecule has 2 heterocycles. The molecule has 6 N–H and O–H groups in total. The molecule has 0 aliphatic rings. The van der Waals surface area contributed by atoms with Crippen LogP contribution >= 0.6 is 0 Å². The second-order valence-corrected chi connectivity index (χ2v) is 4.87. The Bertz CT molecular complexity index is 646. The highest BCUT2D eigenvalue weighted by molar-refractivity contribution is 5.90. The van der Waals surface area contributed by atoms with Crippen LogP contribution in [0.3, 0.4) is 0 Å². The molecule has 0 unspecified atom stereocenters. The zero-order valence-corrected chi connectivity index (χ0v) is 12.5. The van der Waals surface area contributed by atoms with Crippen LogP contribution in [0.1, 0.15) is 19.8 Å². The molecule has 0 saturated carbocycles. The van der Waals surface area contributed by atoms with Crippen LogP contribution in [0, 0.1) is 0 Å². The van der Waals surface area contributed by atoms with Crippen molar-refractivity contribution in [3.8, 4) is 0 Å². The summed E-state index contributed by atoms with van der Waals surface area (Å²) in [5.74, 6) is 0.485. The van der Waals surface area contributed by atoms with Crippen molar-refractivity contribution in [2.45, 2.75) is 25.8 Å². The van der Waals surface area contributed by atoms with Gasteiger partial charge >= 0.3 is 0 Å². The topological polar surface area (TPSA) is 132 Å². The molecule has 1 amide bonds. The first kappa shape index (κ1) is 15.9. The predicted octanol–water partition coefficient (Wildman–Crippen LogP) is 0.263. The lowest BCUT2D eigenvalue weighted by molar-refractivity contribution is -0.121. The molecule has 0 bridgehead atoms. The molecule has 0 aliphatic heterocycles. The van der Waals surface area contributed by atoms with Crippen molar-refractivity contribution in [1.82, 2.24) is 20.3 Å². The van der Waals surface area contributed by atoms with Gasteiger partial charge in [-0.3, -0.25) is 9.78 Å². The molecule has 1 atom stereocenters. The summed E-state index contributed by atoms with van der Waals surface area (Å²) in [6, 6.07) is 3.15. The third kappa shape index (κ3) is 3.79. The van der Waals surface area contributed by atoms with Crippen molar-refractivity contribution in [2.75, 3.05) is 24.1 Å². The lowest BCUT2D eigenvalue weighted by atomic mass is 10.1. The van der Waals surface area contributed by atoms with E-state index in [0.29, 0.717) is 36.4 Å². The SMILES string of the molecule is CCC[C@H](Nc1nc(N)nc2cccnc12)C(=O)NCCN. The molecule has 8 heteroatoms. The van der Waals surface area contributed by atoms with Gasteiger partial charge in [0.25, 0.3) is 0 Å². The molecule has 8 nitrogen and oxygen atoms in total. The third-order valence-electron chi connectivity index (χ3n) is 3.12. The molecule has 0 aliphatic carbocycles. The van der Waals surface area contributed by atoms with Gasteiger partial charge in [0.2, 0.25) is 11.9 Å². The van der Waals surface area contributed by atoms with Gasteiger partial charge < -0.3 is 22.1 Å². The van der Waals surface area contributed by atoms with E-state index in [1.807, 2.05) is 6.92 Å². The average molecular weight is 303 g/mol. The maximum absolute atomic E-state index is 12.2. The summed E-state index contributed by atoms with van der Waals surface area (Å²) >= 11 is 0. The number of anilines is 2. The normalized spacial score (nSPS) is 12.1. The maximum Gasteiger partial charge on any atom is 0.242 e. The number of amides is 1. The molecule has 2 aromatic rings. The number of hydrogen-bond donors (Lipinski definition) is 4. The molecule has 22 heavy (non-hydrogen) atoms. The fraction of sp³-hybridized carbons (Fsp3) is 0.429. The van der Waals surface area contributed by atoms with Gasteiger partial charge in [-0.15, -0.1) is 0 Å². The Hall–Kier alpha value is -2.48. The van der Waals surface area contributed by atoms with Crippen LogP contribution < -0.4 is 22.1 Å². The number of carbonyl (C=O) groups is 1. The minimum absolute atomic E-state index is 0.117. The van der Waals surface area contributed by atoms with E-state index in [2.05, 4.69) is 25.6 Å². The van der Waals surface area contributed by atoms with E-state index in [1.54, 1.807) is 18.3 Å². The Morgan fingerprint density at radius 2 is 2.23 bits per heavy atom. The van der Waals surface area contributed by atoms with Gasteiger partial charge in [-0.25, -0.2) is 4.98 Å². The van der Waals surface area contributed by atoms with Crippen LogP contribution in [-0.4, -0.2) is 40.0 Å². The van der Waals surface area contributed by atoms with Gasteiger partial charge in [0.15, 0.2) is 5.82 Å². The number of nitrogens with zero attached hydrogens (tertiary/aromatic N) is 3. The Labute approximate surface area is 128 Å². The van der Waals surface area contributed by atoms with Crippen LogP contribution in [0.4, 0.5) is 11.8 Å². The van der Waals surface area contributed by atoms with E-state index in [4.69, 9.17) is 11.5 Å². The molecule has 0 saturated heterocycles. The lowest BCUT2D eigenvalue weighted by Crippen LogP contribution is -2.41. The molecular weight excluding hydrogens is 282 g/mol. The van der Waals surface area contributed by atoms with Crippen molar-refractivity contribution < 1.29 is 4.79 Å². The standard InChI is InChI=1S/C14H21N7O/c1-2-4-10(13(22)18-8-6-15)19-12-11-9(5-3-7-17-11)20-14(16)21-12/h3,5,7,10H,2,4,6,8,15H2,1H3,(H,18,22)(H3,16,19,20,21)/t10-/m0/s1. The summed E-state index contributed by atoms with van der Waals surface area (Å²) in [5.41, 5.74) is 12.4. The van der Waals surface area contributed by atoms with Gasteiger partial charge in [-0.1, -0.05) is 13.3 Å². The van der Waals surface area contributed by atoms with E-state index in [-0.39, 0.29) is 11.9 Å². The minimum atomic E-state index is -0.420. The summed E-state index contributed by atoms with van der Waals surface area (Å²) in [6.07, 6.45) is 3.16. The zero-order chi connectivity index (χ0) is 15.9. The maximum atomic E-state index is 12.2. The van der Waals surface area contributed by atoms with Gasteiger partial charge in [-0.2, -0.15) is 4.98 Å². The van der Waals surface area contributed by atoms with Gasteiger partial charge in [0.1, 0.15) is 11.6 Å². The summed E-state index contributed by atoms with van der Waals surface area (Å²) in [7, 11) is 0. The smallest absolute Gasteiger partial charge is 0.242 e. The van der Waals surface area contributed by atoms with E-state index in [1.165, 1.54) is 0 Å². The van der Waals surface area contributed by atoms with Crippen molar-refractivity contribution in [1.29, 1.82) is 0 Å². The zero-order valence-electron chi connectivity index (χ0n) is 12.5. The predicted molar refractivity (Wildman–Crippen MR) is 86.1 cm³/mol. The number of hydrogen-bond acceptors (Lipinski definition) is 7. The van der Waals surface area contributed by atoms with E-state index >= 15 is 0 Å². The first-order valence-corrected chi connectivity index (χ1v) is 7.28. The highest BCUT2D eigenvalue weighted by Crippen LogP contribution is 2.20. The van der Waals surface area contributed by atoms with E-state index < -0.39 is 6.04 Å². The number of nitrogen functional groups attached to an aromatic ring is 1. The van der Waals surface area contributed by atoms with Crippen LogP contribution in [0.25, 0.3) is 11.0 Å². The largest absolute Gasteiger partial charge is 0.368 e. The molecule has 0 fully saturated rings. The Morgan fingerprint density at radius 1 is 1.41 bits per heavy atom. The molecule has 2 aromatic heterocycles. The van der Waals surface area contributed by atoms with Gasteiger partial charge in [0, 0.05) is 19.3 Å². The molecule has 0 aromatic carbocycles. The second-order valence-electron chi connectivity index (χ2n) is 4.87. The first-order chi connectivity index (χ1) is 10.7. The summed E-state index contributed by atoms with van der Waals surface area (Å²) in [4.78, 5) is 24.8. The number of carbonyl (C=O) groups excluding carboxylic acids is 1. The summed E-state index contributed by atoms with van der Waals surface area (Å²) < 4.78 is 0. The Balaban J connectivity index is 2.27. The van der Waals surface area contributed by atoms with E-state index in [0.717, 1.165) is 6.42 Å². The second kappa shape index (κ2) is 7.51. The van der Waals surface area contributed by atoms with Gasteiger partial charge in [0.05, 0.1) is 5.52 Å². The van der Waals surface area contributed by atoms with Crippen LogP contribution in [-0.2, 0) is 4.79 Å². The number of fused-ring (bicyclic) bond motifs is 1. The Kier molecular flexibility index (Phi) is 5.42. The van der Waals surface area contributed by atoms with Crippen molar-refractivity contribution in [2.24, 2.45) is 5.73 Å². The summed E-state index contributed by atoms with van der Waals surface area (Å²) in [6.45, 7) is 2.84. The fourth-order valence-corrected chi connectivity index (χ4v) is 2.13. The first-order valence-electron chi connectivity index (χ1n) is 7.28. The number of nitrogens with two attached hydrogens (primary N) is 2. The summed E-state index contributed by atoms with van der Waals surface area (Å²) in [5, 5.41) is 5.90. The molecular formula is C14H21N7O. The minimum Gasteiger partial charge on any atom is -0.368 e. The molecule has 118 valence electrons. The fourth-order valence-electron chi connectivity index (χ4n) is 2.13. The highest BCUT2D eigenvalue weighted by Gasteiger charge is 2.19. The molecule has 0 spiro atoms. The van der Waals surface area contributed by atoms with E-state index in [9.17, 15) is 4.79 Å². The lowest BCUT2D eigenvalue weighted by Gasteiger charge is -2.19. The van der Waals surface area contributed by atoms with Crippen LogP contribution in [0.2, 0.25) is 0 Å². The number of nitrogens with one attached hydrogen (secondary N) is 2. The molecule has 0 radical (unpaired) electrons.